The number of aromatic nitrogens is 4. The summed E-state index contributed by atoms with van der Waals surface area (Å²) in [4.78, 5) is 7.94. The van der Waals surface area contributed by atoms with Crippen molar-refractivity contribution in [2.75, 3.05) is 0 Å². The van der Waals surface area contributed by atoms with Gasteiger partial charge in [-0.1, -0.05) is 11.6 Å². The maximum Gasteiger partial charge on any atom is 0.414 e. The van der Waals surface area contributed by atoms with Gasteiger partial charge in [0.25, 0.3) is 0 Å². The van der Waals surface area contributed by atoms with Gasteiger partial charge in [-0.05, 0) is 6.92 Å². The highest BCUT2D eigenvalue weighted by Gasteiger charge is 2.37. The lowest BCUT2D eigenvalue weighted by Crippen LogP contribution is -2.28. The lowest BCUT2D eigenvalue weighted by Gasteiger charge is -2.15. The van der Waals surface area contributed by atoms with Crippen molar-refractivity contribution in [2.45, 2.75) is 25.8 Å². The largest absolute Gasteiger partial charge is 0.414 e. The molecule has 0 N–H and O–H groups in total. The molecule has 0 aliphatic rings. The molecule has 0 saturated heterocycles. The Bertz CT molecular complexity index is 598. The molecule has 0 amide bonds. The van der Waals surface area contributed by atoms with Crippen LogP contribution in [0.2, 0.25) is 5.15 Å². The summed E-state index contributed by atoms with van der Waals surface area (Å²) in [5.74, 6) is 0.0807. The van der Waals surface area contributed by atoms with Crippen LogP contribution in [0, 0.1) is 0 Å². The third kappa shape index (κ3) is 2.95. The molecule has 2 aromatic heterocycles. The molecule has 0 bridgehead atoms. The number of hydrogen-bond donors (Lipinski definition) is 0. The average molecular weight is 295 g/mol. The first-order chi connectivity index (χ1) is 8.79. The van der Waals surface area contributed by atoms with Crippen LogP contribution < -0.4 is 0 Å². The Hall–Kier alpha value is -1.41. The highest BCUT2D eigenvalue weighted by Crippen LogP contribution is 2.24. The summed E-state index contributed by atoms with van der Waals surface area (Å²) in [5.41, 5.74) is 0.443. The van der Waals surface area contributed by atoms with Crippen LogP contribution in [0.3, 0.4) is 0 Å². The zero-order chi connectivity index (χ0) is 14.2. The molecule has 0 aliphatic carbocycles. The predicted octanol–water partition coefficient (Wildman–Crippen LogP) is 2.48. The third-order valence-electron chi connectivity index (χ3n) is 2.52. The number of rotatable bonds is 3. The molecule has 0 saturated carbocycles. The number of ether oxygens (including phenoxy) is 1. The second-order valence-electron chi connectivity index (χ2n) is 3.93. The molecule has 0 aromatic carbocycles. The molecule has 2 heterocycles. The Morgan fingerprint density at radius 3 is 2.74 bits per heavy atom. The van der Waals surface area contributed by atoms with Crippen LogP contribution in [0.25, 0.3) is 11.0 Å². The molecule has 1 atom stereocenters. The zero-order valence-electron chi connectivity index (χ0n) is 10.1. The molecule has 0 aliphatic heterocycles. The number of alkyl halides is 3. The summed E-state index contributed by atoms with van der Waals surface area (Å²) in [7, 11) is 1.65. The van der Waals surface area contributed by atoms with Crippen LogP contribution in [-0.4, -0.2) is 32.0 Å². The van der Waals surface area contributed by atoms with Gasteiger partial charge in [-0.2, -0.15) is 18.3 Å². The van der Waals surface area contributed by atoms with E-state index in [1.54, 1.807) is 7.05 Å². The van der Waals surface area contributed by atoms with Crippen molar-refractivity contribution in [2.24, 2.45) is 7.05 Å². The summed E-state index contributed by atoms with van der Waals surface area (Å²) in [5, 5.41) is 4.62. The van der Waals surface area contributed by atoms with Gasteiger partial charge < -0.3 is 4.74 Å². The first-order valence-electron chi connectivity index (χ1n) is 5.31. The summed E-state index contributed by atoms with van der Waals surface area (Å²) in [6, 6.07) is 0. The molecular formula is C10H10ClF3N4O. The van der Waals surface area contributed by atoms with Gasteiger partial charge in [-0.15, -0.1) is 0 Å². The predicted molar refractivity (Wildman–Crippen MR) is 61.6 cm³/mol. The van der Waals surface area contributed by atoms with Crippen LogP contribution in [0.5, 0.6) is 0 Å². The quantitative estimate of drug-likeness (QED) is 0.816. The minimum atomic E-state index is -4.42. The van der Waals surface area contributed by atoms with E-state index in [1.807, 2.05) is 0 Å². The summed E-state index contributed by atoms with van der Waals surface area (Å²) in [6.45, 7) is 0.547. The van der Waals surface area contributed by atoms with Crippen molar-refractivity contribution < 1.29 is 17.9 Å². The van der Waals surface area contributed by atoms with Crippen molar-refractivity contribution in [3.05, 3.63) is 17.2 Å². The van der Waals surface area contributed by atoms with Crippen LogP contribution >= 0.6 is 11.6 Å². The van der Waals surface area contributed by atoms with E-state index in [-0.39, 0.29) is 17.6 Å². The number of nitrogens with zero attached hydrogens (tertiary/aromatic N) is 4. The van der Waals surface area contributed by atoms with Gasteiger partial charge in [-0.3, -0.25) is 4.68 Å². The fraction of sp³-hybridized carbons (Fsp3) is 0.500. The number of fused-ring (bicyclic) bond motifs is 1. The highest BCUT2D eigenvalue weighted by molar-refractivity contribution is 6.33. The number of halogens is 4. The van der Waals surface area contributed by atoms with Crippen LogP contribution in [0.15, 0.2) is 6.20 Å². The molecule has 1 unspecified atom stereocenters. The van der Waals surface area contributed by atoms with Crippen molar-refractivity contribution in [1.29, 1.82) is 0 Å². The van der Waals surface area contributed by atoms with Crippen molar-refractivity contribution in [1.82, 2.24) is 19.7 Å². The van der Waals surface area contributed by atoms with Gasteiger partial charge in [0.1, 0.15) is 11.8 Å². The van der Waals surface area contributed by atoms with Gasteiger partial charge in [0.15, 0.2) is 17.6 Å². The normalized spacial score (nSPS) is 14.0. The van der Waals surface area contributed by atoms with Gasteiger partial charge in [-0.25, -0.2) is 9.97 Å². The molecule has 104 valence electrons. The Morgan fingerprint density at radius 1 is 1.42 bits per heavy atom. The number of aryl methyl sites for hydroxylation is 1. The van der Waals surface area contributed by atoms with Crippen molar-refractivity contribution in [3.63, 3.8) is 0 Å². The second kappa shape index (κ2) is 4.93. The first kappa shape index (κ1) is 14.0. The summed E-state index contributed by atoms with van der Waals surface area (Å²) < 4.78 is 43.0. The molecular weight excluding hydrogens is 285 g/mol. The van der Waals surface area contributed by atoms with E-state index in [0.717, 1.165) is 6.92 Å². The Morgan fingerprint density at radius 2 is 2.11 bits per heavy atom. The lowest BCUT2D eigenvalue weighted by atomic mass is 10.4. The molecule has 0 fully saturated rings. The van der Waals surface area contributed by atoms with E-state index in [0.29, 0.717) is 11.0 Å². The summed E-state index contributed by atoms with van der Waals surface area (Å²) >= 11 is 5.90. The Kier molecular flexibility index (Phi) is 3.64. The molecule has 5 nitrogen and oxygen atoms in total. The molecule has 2 aromatic rings. The monoisotopic (exact) mass is 294 g/mol. The van der Waals surface area contributed by atoms with E-state index >= 15 is 0 Å². The van der Waals surface area contributed by atoms with Gasteiger partial charge in [0.05, 0.1) is 11.6 Å². The fourth-order valence-electron chi connectivity index (χ4n) is 1.39. The number of hydrogen-bond acceptors (Lipinski definition) is 4. The van der Waals surface area contributed by atoms with E-state index in [2.05, 4.69) is 19.8 Å². The first-order valence-corrected chi connectivity index (χ1v) is 5.69. The van der Waals surface area contributed by atoms with E-state index in [1.165, 1.54) is 10.9 Å². The topological polar surface area (TPSA) is 52.8 Å². The standard InChI is InChI=1S/C10H10ClF3N4O/c1-5(10(12,13)14)19-4-7-16-8(11)6-3-15-18(2)9(6)17-7/h3,5H,4H2,1-2H3. The minimum absolute atomic E-state index is 0.0807. The van der Waals surface area contributed by atoms with Crippen molar-refractivity contribution in [3.8, 4) is 0 Å². The fourth-order valence-corrected chi connectivity index (χ4v) is 1.62. The SMILES string of the molecule is CC(OCc1nc(Cl)c2cnn(C)c2n1)C(F)(F)F. The molecule has 19 heavy (non-hydrogen) atoms. The lowest BCUT2D eigenvalue weighted by molar-refractivity contribution is -0.217. The zero-order valence-corrected chi connectivity index (χ0v) is 10.8. The molecule has 2 rings (SSSR count). The van der Waals surface area contributed by atoms with Gasteiger partial charge in [0.2, 0.25) is 0 Å². The average Bonchev–Trinajstić information content (AvgIpc) is 2.67. The van der Waals surface area contributed by atoms with E-state index in [9.17, 15) is 13.2 Å². The van der Waals surface area contributed by atoms with E-state index < -0.39 is 12.3 Å². The third-order valence-corrected chi connectivity index (χ3v) is 2.80. The van der Waals surface area contributed by atoms with Gasteiger partial charge in [0, 0.05) is 7.05 Å². The summed E-state index contributed by atoms with van der Waals surface area (Å²) in [6.07, 6.45) is -4.82. The maximum atomic E-state index is 12.3. The Balaban J connectivity index is 2.20. The maximum absolute atomic E-state index is 12.3. The molecule has 9 heteroatoms. The van der Waals surface area contributed by atoms with Crippen LogP contribution in [-0.2, 0) is 18.4 Å². The van der Waals surface area contributed by atoms with Crippen LogP contribution in [0.4, 0.5) is 13.2 Å². The smallest absolute Gasteiger partial charge is 0.361 e. The van der Waals surface area contributed by atoms with E-state index in [4.69, 9.17) is 11.6 Å². The van der Waals surface area contributed by atoms with Crippen LogP contribution in [0.1, 0.15) is 12.7 Å². The second-order valence-corrected chi connectivity index (χ2v) is 4.29. The van der Waals surface area contributed by atoms with Gasteiger partial charge >= 0.3 is 6.18 Å². The minimum Gasteiger partial charge on any atom is -0.361 e. The van der Waals surface area contributed by atoms with Crippen molar-refractivity contribution >= 4 is 22.6 Å². The Labute approximate surface area is 111 Å². The molecule has 0 spiro atoms. The molecule has 0 radical (unpaired) electrons. The highest BCUT2D eigenvalue weighted by atomic mass is 35.5.